The Balaban J connectivity index is 2.30. The predicted octanol–water partition coefficient (Wildman–Crippen LogP) is 1.90. The molecule has 0 radical (unpaired) electrons. The summed E-state index contributed by atoms with van der Waals surface area (Å²) in [6.07, 6.45) is 2.47. The third-order valence-electron chi connectivity index (χ3n) is 2.54. The SMILES string of the molecule is CC(=O)N1CC[C@@H](CC(C)C)C1. The minimum absolute atomic E-state index is 0.237. The molecule has 0 spiro atoms. The first-order valence-corrected chi connectivity index (χ1v) is 4.85. The molecule has 70 valence electrons. The fraction of sp³-hybridized carbons (Fsp3) is 0.900. The van der Waals surface area contributed by atoms with Crippen LogP contribution in [0.1, 0.15) is 33.6 Å². The Morgan fingerprint density at radius 2 is 2.25 bits per heavy atom. The van der Waals surface area contributed by atoms with Crippen LogP contribution in [0.3, 0.4) is 0 Å². The molecule has 0 bridgehead atoms. The van der Waals surface area contributed by atoms with Crippen LogP contribution in [0.4, 0.5) is 0 Å². The number of hydrogen-bond donors (Lipinski definition) is 0. The van der Waals surface area contributed by atoms with Crippen LogP contribution in [0.2, 0.25) is 0 Å². The first-order chi connectivity index (χ1) is 5.59. The van der Waals surface area contributed by atoms with E-state index in [1.165, 1.54) is 12.8 Å². The van der Waals surface area contributed by atoms with Crippen molar-refractivity contribution in [1.29, 1.82) is 0 Å². The molecule has 0 saturated carbocycles. The molecule has 0 aromatic heterocycles. The van der Waals surface area contributed by atoms with Crippen molar-refractivity contribution in [3.05, 3.63) is 0 Å². The zero-order chi connectivity index (χ0) is 9.14. The van der Waals surface area contributed by atoms with Crippen molar-refractivity contribution in [2.45, 2.75) is 33.6 Å². The summed E-state index contributed by atoms with van der Waals surface area (Å²) in [5.41, 5.74) is 0. The molecule has 0 aliphatic carbocycles. The summed E-state index contributed by atoms with van der Waals surface area (Å²) >= 11 is 0. The minimum Gasteiger partial charge on any atom is -0.343 e. The summed E-state index contributed by atoms with van der Waals surface area (Å²) < 4.78 is 0. The second kappa shape index (κ2) is 3.92. The lowest BCUT2D eigenvalue weighted by atomic mass is 9.97. The Labute approximate surface area is 74.9 Å². The highest BCUT2D eigenvalue weighted by Gasteiger charge is 2.24. The van der Waals surface area contributed by atoms with E-state index in [4.69, 9.17) is 0 Å². The third kappa shape index (κ3) is 2.50. The smallest absolute Gasteiger partial charge is 0.219 e. The fourth-order valence-corrected chi connectivity index (χ4v) is 1.98. The summed E-state index contributed by atoms with van der Waals surface area (Å²) in [5.74, 6) is 1.76. The van der Waals surface area contributed by atoms with E-state index in [1.54, 1.807) is 6.92 Å². The molecule has 0 unspecified atom stereocenters. The molecule has 0 aromatic carbocycles. The molecule has 0 N–H and O–H groups in total. The van der Waals surface area contributed by atoms with Gasteiger partial charge in [-0.05, 0) is 24.7 Å². The number of amides is 1. The molecule has 1 heterocycles. The Kier molecular flexibility index (Phi) is 3.12. The molecular formula is C10H19NO. The highest BCUT2D eigenvalue weighted by atomic mass is 16.2. The van der Waals surface area contributed by atoms with Crippen LogP contribution in [-0.4, -0.2) is 23.9 Å². The van der Waals surface area contributed by atoms with Crippen molar-refractivity contribution < 1.29 is 4.79 Å². The van der Waals surface area contributed by atoms with E-state index in [-0.39, 0.29) is 5.91 Å². The average molecular weight is 169 g/mol. The van der Waals surface area contributed by atoms with E-state index < -0.39 is 0 Å². The summed E-state index contributed by atoms with van der Waals surface area (Å²) in [7, 11) is 0. The van der Waals surface area contributed by atoms with Crippen LogP contribution in [0.15, 0.2) is 0 Å². The molecule has 2 nitrogen and oxygen atoms in total. The number of carbonyl (C=O) groups is 1. The lowest BCUT2D eigenvalue weighted by molar-refractivity contribution is -0.127. The molecule has 1 aliphatic heterocycles. The van der Waals surface area contributed by atoms with Crippen LogP contribution in [0, 0.1) is 11.8 Å². The first kappa shape index (κ1) is 9.56. The topological polar surface area (TPSA) is 20.3 Å². The second-order valence-corrected chi connectivity index (χ2v) is 4.25. The van der Waals surface area contributed by atoms with Crippen molar-refractivity contribution in [1.82, 2.24) is 4.90 Å². The van der Waals surface area contributed by atoms with Crippen LogP contribution in [-0.2, 0) is 4.79 Å². The monoisotopic (exact) mass is 169 g/mol. The van der Waals surface area contributed by atoms with Crippen LogP contribution >= 0.6 is 0 Å². The van der Waals surface area contributed by atoms with E-state index in [9.17, 15) is 4.79 Å². The van der Waals surface area contributed by atoms with Crippen LogP contribution in [0.5, 0.6) is 0 Å². The maximum Gasteiger partial charge on any atom is 0.219 e. The number of likely N-dealkylation sites (tertiary alicyclic amines) is 1. The van der Waals surface area contributed by atoms with Crippen molar-refractivity contribution in [2.24, 2.45) is 11.8 Å². The zero-order valence-corrected chi connectivity index (χ0v) is 8.34. The van der Waals surface area contributed by atoms with Crippen LogP contribution < -0.4 is 0 Å². The molecule has 12 heavy (non-hydrogen) atoms. The summed E-state index contributed by atoms with van der Waals surface area (Å²) in [6, 6.07) is 0. The van der Waals surface area contributed by atoms with E-state index in [1.807, 2.05) is 4.90 Å². The molecule has 1 rings (SSSR count). The molecular weight excluding hydrogens is 150 g/mol. The molecule has 2 heteroatoms. The van der Waals surface area contributed by atoms with Crippen molar-refractivity contribution in [3.63, 3.8) is 0 Å². The normalized spacial score (nSPS) is 23.7. The molecule has 1 fully saturated rings. The van der Waals surface area contributed by atoms with Gasteiger partial charge in [0.25, 0.3) is 0 Å². The van der Waals surface area contributed by atoms with Gasteiger partial charge < -0.3 is 4.90 Å². The molecule has 1 saturated heterocycles. The summed E-state index contributed by atoms with van der Waals surface area (Å²) in [6.45, 7) is 8.13. The van der Waals surface area contributed by atoms with E-state index >= 15 is 0 Å². The number of hydrogen-bond acceptors (Lipinski definition) is 1. The Morgan fingerprint density at radius 1 is 1.58 bits per heavy atom. The lowest BCUT2D eigenvalue weighted by Crippen LogP contribution is -2.25. The first-order valence-electron chi connectivity index (χ1n) is 4.85. The van der Waals surface area contributed by atoms with Crippen molar-refractivity contribution in [2.75, 3.05) is 13.1 Å². The third-order valence-corrected chi connectivity index (χ3v) is 2.54. The van der Waals surface area contributed by atoms with Gasteiger partial charge in [0.15, 0.2) is 0 Å². The number of carbonyl (C=O) groups excluding carboxylic acids is 1. The Bertz CT molecular complexity index is 165. The molecule has 1 atom stereocenters. The Hall–Kier alpha value is -0.530. The molecule has 1 aliphatic rings. The van der Waals surface area contributed by atoms with Crippen molar-refractivity contribution in [3.8, 4) is 0 Å². The molecule has 1 amide bonds. The van der Waals surface area contributed by atoms with Gasteiger partial charge in [0.1, 0.15) is 0 Å². The quantitative estimate of drug-likeness (QED) is 0.618. The van der Waals surface area contributed by atoms with Gasteiger partial charge in [-0.2, -0.15) is 0 Å². The van der Waals surface area contributed by atoms with Gasteiger partial charge in [-0.1, -0.05) is 13.8 Å². The molecule has 0 aromatic rings. The van der Waals surface area contributed by atoms with Gasteiger partial charge in [-0.25, -0.2) is 0 Å². The lowest BCUT2D eigenvalue weighted by Gasteiger charge is -2.14. The van der Waals surface area contributed by atoms with Gasteiger partial charge in [-0.3, -0.25) is 4.79 Å². The Morgan fingerprint density at radius 3 is 2.67 bits per heavy atom. The number of rotatable bonds is 2. The second-order valence-electron chi connectivity index (χ2n) is 4.25. The predicted molar refractivity (Wildman–Crippen MR) is 49.8 cm³/mol. The van der Waals surface area contributed by atoms with Gasteiger partial charge in [0, 0.05) is 20.0 Å². The zero-order valence-electron chi connectivity index (χ0n) is 8.34. The maximum atomic E-state index is 11.0. The summed E-state index contributed by atoms with van der Waals surface area (Å²) in [4.78, 5) is 13.0. The fourth-order valence-electron chi connectivity index (χ4n) is 1.98. The maximum absolute atomic E-state index is 11.0. The van der Waals surface area contributed by atoms with Crippen LogP contribution in [0.25, 0.3) is 0 Å². The largest absolute Gasteiger partial charge is 0.343 e. The highest BCUT2D eigenvalue weighted by Crippen LogP contribution is 2.22. The van der Waals surface area contributed by atoms with E-state index in [0.717, 1.165) is 24.9 Å². The van der Waals surface area contributed by atoms with Gasteiger partial charge in [0.05, 0.1) is 0 Å². The minimum atomic E-state index is 0.237. The highest BCUT2D eigenvalue weighted by molar-refractivity contribution is 5.73. The van der Waals surface area contributed by atoms with Gasteiger partial charge in [0.2, 0.25) is 5.91 Å². The van der Waals surface area contributed by atoms with Crippen molar-refractivity contribution >= 4 is 5.91 Å². The van der Waals surface area contributed by atoms with Gasteiger partial charge in [-0.15, -0.1) is 0 Å². The van der Waals surface area contributed by atoms with E-state index in [0.29, 0.717) is 0 Å². The average Bonchev–Trinajstić information content (AvgIpc) is 2.34. The standard InChI is InChI=1S/C10H19NO/c1-8(2)6-10-4-5-11(7-10)9(3)12/h8,10H,4-7H2,1-3H3/t10-/m0/s1. The number of nitrogens with zero attached hydrogens (tertiary/aromatic N) is 1. The van der Waals surface area contributed by atoms with Gasteiger partial charge >= 0.3 is 0 Å². The van der Waals surface area contributed by atoms with E-state index in [2.05, 4.69) is 13.8 Å². The summed E-state index contributed by atoms with van der Waals surface area (Å²) in [5, 5.41) is 0.